The van der Waals surface area contributed by atoms with E-state index in [9.17, 15) is 14.4 Å². The first kappa shape index (κ1) is 26.3. The summed E-state index contributed by atoms with van der Waals surface area (Å²) in [5, 5.41) is 15.2. The molecule has 13 nitrogen and oxygen atoms in total. The monoisotopic (exact) mass is 431 g/mol. The standard InChI is InChI=1S/C15H25N9O4.ClH/c1-8(2)12(14(26)18-7-11(25)28-3)22-15(27)13-9(5-19-23-16)4-10(21-13)6-20-24-17;/h8-10,12-13,21H,4-7H2,1-3H3,(H,18,26)(H,22,27);1H/t9-,10+,12-,13+;/m0./s1. The van der Waals surface area contributed by atoms with Crippen molar-refractivity contribution in [3.63, 3.8) is 0 Å². The van der Waals surface area contributed by atoms with E-state index in [0.29, 0.717) is 6.42 Å². The summed E-state index contributed by atoms with van der Waals surface area (Å²) < 4.78 is 4.47. The molecule has 1 aliphatic heterocycles. The summed E-state index contributed by atoms with van der Waals surface area (Å²) in [6, 6.07) is -1.81. The van der Waals surface area contributed by atoms with Crippen molar-refractivity contribution >= 4 is 30.2 Å². The Morgan fingerprint density at radius 1 is 1.21 bits per heavy atom. The normalized spacial score (nSPS) is 21.0. The smallest absolute Gasteiger partial charge is 0.325 e. The van der Waals surface area contributed by atoms with Crippen LogP contribution >= 0.6 is 12.4 Å². The first-order valence-electron chi connectivity index (χ1n) is 8.76. The summed E-state index contributed by atoms with van der Waals surface area (Å²) in [5.74, 6) is -2.09. The molecule has 1 heterocycles. The number of esters is 1. The molecule has 0 aliphatic carbocycles. The van der Waals surface area contributed by atoms with Crippen LogP contribution in [-0.2, 0) is 19.1 Å². The molecule has 0 unspecified atom stereocenters. The van der Waals surface area contributed by atoms with Crippen LogP contribution in [0.5, 0.6) is 0 Å². The van der Waals surface area contributed by atoms with Crippen molar-refractivity contribution in [2.24, 2.45) is 22.1 Å². The van der Waals surface area contributed by atoms with Gasteiger partial charge in [-0.3, -0.25) is 14.4 Å². The summed E-state index contributed by atoms with van der Waals surface area (Å²) in [6.45, 7) is 3.46. The molecule has 1 fully saturated rings. The van der Waals surface area contributed by atoms with E-state index in [1.165, 1.54) is 7.11 Å². The predicted octanol–water partition coefficient (Wildman–Crippen LogP) is 0.806. The van der Waals surface area contributed by atoms with Gasteiger partial charge in [0.15, 0.2) is 0 Å². The van der Waals surface area contributed by atoms with Crippen molar-refractivity contribution < 1.29 is 19.1 Å². The van der Waals surface area contributed by atoms with Crippen LogP contribution in [0.2, 0.25) is 0 Å². The number of hydrogen-bond donors (Lipinski definition) is 3. The highest BCUT2D eigenvalue weighted by Gasteiger charge is 2.39. The molecule has 0 radical (unpaired) electrons. The Morgan fingerprint density at radius 3 is 2.38 bits per heavy atom. The molecule has 0 bridgehead atoms. The third-order valence-electron chi connectivity index (χ3n) is 4.38. The Bertz CT molecular complexity index is 677. The van der Waals surface area contributed by atoms with Gasteiger partial charge in [-0.05, 0) is 29.3 Å². The molecule has 0 aromatic heterocycles. The number of hydrogen-bond acceptors (Lipinski definition) is 7. The molecule has 162 valence electrons. The zero-order chi connectivity index (χ0) is 21.1. The molecule has 0 aromatic rings. The number of nitrogens with zero attached hydrogens (tertiary/aromatic N) is 6. The zero-order valence-corrected chi connectivity index (χ0v) is 17.3. The van der Waals surface area contributed by atoms with Gasteiger partial charge in [-0.25, -0.2) is 0 Å². The van der Waals surface area contributed by atoms with Crippen LogP contribution in [-0.4, -0.2) is 62.7 Å². The highest BCUT2D eigenvalue weighted by Crippen LogP contribution is 2.22. The molecular formula is C15H26ClN9O4. The number of methoxy groups -OCH3 is 1. The molecular weight excluding hydrogens is 406 g/mol. The van der Waals surface area contributed by atoms with E-state index in [0.717, 1.165) is 0 Å². The summed E-state index contributed by atoms with van der Waals surface area (Å²) in [6.07, 6.45) is 0.483. The number of halogens is 1. The Balaban J connectivity index is 0.00000784. The minimum Gasteiger partial charge on any atom is -0.468 e. The largest absolute Gasteiger partial charge is 0.468 e. The minimum absolute atomic E-state index is 0. The highest BCUT2D eigenvalue weighted by atomic mass is 35.5. The van der Waals surface area contributed by atoms with E-state index >= 15 is 0 Å². The van der Waals surface area contributed by atoms with Crippen molar-refractivity contribution in [3.8, 4) is 0 Å². The predicted molar refractivity (Wildman–Crippen MR) is 106 cm³/mol. The van der Waals surface area contributed by atoms with Gasteiger partial charge in [-0.1, -0.05) is 24.1 Å². The fourth-order valence-corrected chi connectivity index (χ4v) is 2.95. The highest BCUT2D eigenvalue weighted by molar-refractivity contribution is 5.91. The lowest BCUT2D eigenvalue weighted by molar-refractivity contribution is -0.141. The third-order valence-corrected chi connectivity index (χ3v) is 4.38. The number of carbonyl (C=O) groups excluding carboxylic acids is 3. The topological polar surface area (TPSA) is 194 Å². The van der Waals surface area contributed by atoms with Crippen LogP contribution in [0, 0.1) is 11.8 Å². The number of nitrogens with one attached hydrogen (secondary N) is 3. The first-order chi connectivity index (χ1) is 13.3. The van der Waals surface area contributed by atoms with Gasteiger partial charge in [0.25, 0.3) is 0 Å². The first-order valence-corrected chi connectivity index (χ1v) is 8.76. The van der Waals surface area contributed by atoms with Crippen molar-refractivity contribution in [1.29, 1.82) is 0 Å². The number of ether oxygens (including phenoxy) is 1. The molecule has 1 rings (SSSR count). The van der Waals surface area contributed by atoms with Crippen molar-refractivity contribution in [1.82, 2.24) is 16.0 Å². The fourth-order valence-electron chi connectivity index (χ4n) is 2.95. The fraction of sp³-hybridized carbons (Fsp3) is 0.800. The van der Waals surface area contributed by atoms with Gasteiger partial charge in [0.05, 0.1) is 13.2 Å². The number of amides is 2. The lowest BCUT2D eigenvalue weighted by atomic mass is 9.97. The lowest BCUT2D eigenvalue weighted by Gasteiger charge is -2.25. The van der Waals surface area contributed by atoms with Crippen LogP contribution in [0.3, 0.4) is 0 Å². The summed E-state index contributed by atoms with van der Waals surface area (Å²) in [4.78, 5) is 41.7. The second kappa shape index (κ2) is 13.5. The van der Waals surface area contributed by atoms with Crippen LogP contribution in [0.4, 0.5) is 0 Å². The van der Waals surface area contributed by atoms with Gasteiger partial charge < -0.3 is 20.7 Å². The van der Waals surface area contributed by atoms with Crippen molar-refractivity contribution in [2.75, 3.05) is 26.7 Å². The van der Waals surface area contributed by atoms with Crippen LogP contribution in [0.15, 0.2) is 10.2 Å². The van der Waals surface area contributed by atoms with Crippen molar-refractivity contribution in [3.05, 3.63) is 20.9 Å². The van der Waals surface area contributed by atoms with Gasteiger partial charge in [-0.2, -0.15) is 0 Å². The van der Waals surface area contributed by atoms with E-state index in [1.54, 1.807) is 13.8 Å². The Kier molecular flexibility index (Phi) is 12.2. The number of rotatable bonds is 10. The van der Waals surface area contributed by atoms with Gasteiger partial charge in [-0.15, -0.1) is 12.4 Å². The molecule has 0 aromatic carbocycles. The molecule has 1 saturated heterocycles. The van der Waals surface area contributed by atoms with Crippen LogP contribution < -0.4 is 16.0 Å². The maximum absolute atomic E-state index is 12.8. The average Bonchev–Trinajstić information content (AvgIpc) is 3.09. The van der Waals surface area contributed by atoms with Crippen LogP contribution in [0.1, 0.15) is 20.3 Å². The average molecular weight is 432 g/mol. The summed E-state index contributed by atoms with van der Waals surface area (Å²) >= 11 is 0. The van der Waals surface area contributed by atoms with Gasteiger partial charge in [0.2, 0.25) is 11.8 Å². The lowest BCUT2D eigenvalue weighted by Crippen LogP contribution is -2.56. The van der Waals surface area contributed by atoms with Gasteiger partial charge >= 0.3 is 5.97 Å². The Hall–Kier alpha value is -2.72. The number of carbonyl (C=O) groups is 3. The SMILES string of the molecule is COC(=O)CNC(=O)[C@@H](NC(=O)[C@@H]1N[C@@H](CN=[N+]=[N-])C[C@H]1CN=[N+]=[N-])C(C)C.Cl. The second-order valence-electron chi connectivity index (χ2n) is 6.69. The van der Waals surface area contributed by atoms with Gasteiger partial charge in [0, 0.05) is 29.0 Å². The van der Waals surface area contributed by atoms with E-state index in [4.69, 9.17) is 11.1 Å². The van der Waals surface area contributed by atoms with Crippen molar-refractivity contribution in [2.45, 2.75) is 38.4 Å². The van der Waals surface area contributed by atoms with Crippen LogP contribution in [0.25, 0.3) is 20.9 Å². The summed E-state index contributed by atoms with van der Waals surface area (Å²) in [5.41, 5.74) is 17.0. The molecule has 0 spiro atoms. The third kappa shape index (κ3) is 8.44. The second-order valence-corrected chi connectivity index (χ2v) is 6.69. The number of azide groups is 2. The Labute approximate surface area is 174 Å². The molecule has 4 atom stereocenters. The summed E-state index contributed by atoms with van der Waals surface area (Å²) in [7, 11) is 1.21. The Morgan fingerprint density at radius 2 is 1.83 bits per heavy atom. The maximum Gasteiger partial charge on any atom is 0.325 e. The van der Waals surface area contributed by atoms with E-state index < -0.39 is 29.9 Å². The molecule has 29 heavy (non-hydrogen) atoms. The molecule has 1 aliphatic rings. The maximum atomic E-state index is 12.8. The van der Waals surface area contributed by atoms with Gasteiger partial charge in [0.1, 0.15) is 12.6 Å². The molecule has 3 N–H and O–H groups in total. The molecule has 0 saturated carbocycles. The zero-order valence-electron chi connectivity index (χ0n) is 16.4. The molecule has 14 heteroatoms. The van der Waals surface area contributed by atoms with E-state index in [1.807, 2.05) is 0 Å². The van der Waals surface area contributed by atoms with E-state index in [-0.39, 0.29) is 49.9 Å². The molecule has 2 amide bonds. The van der Waals surface area contributed by atoms with E-state index in [2.05, 4.69) is 40.7 Å². The quantitative estimate of drug-likeness (QED) is 0.199. The minimum atomic E-state index is -0.866.